The molecule has 4 aromatic heterocycles. The Balaban J connectivity index is 0.912. The second-order valence-corrected chi connectivity index (χ2v) is 16.0. The minimum Gasteiger partial charge on any atom is -0.496 e. The van der Waals surface area contributed by atoms with Crippen LogP contribution in [-0.4, -0.2) is 90.1 Å². The molecule has 1 unspecified atom stereocenters. The summed E-state index contributed by atoms with van der Waals surface area (Å²) in [6.45, 7) is 7.25. The highest BCUT2D eigenvalue weighted by Gasteiger charge is 2.42. The first-order valence-corrected chi connectivity index (χ1v) is 20.7. The standard InChI is InChI=1S/C44H48N10O6/c1-6-54-35(21-31(50-54)26-14-15-26)47-40-38-28-20-34(59-5)29(37-23(2)51-60-24(37)3)19-32(28)46-39(38)48-41(49-40)42(56)45-18-9-7-8-11-25-12-10-13-27-30(25)22-53(43(27)57)33-16-17-36(55)52(4)44(33)58/h10,12-13,19-21,26,33H,6-9,11,14-18,22H2,1-5H3,(H,45,56)(H2,46,47,48,49). The minimum atomic E-state index is -0.632. The lowest BCUT2D eigenvalue weighted by Gasteiger charge is -2.33. The van der Waals surface area contributed by atoms with E-state index in [4.69, 9.17) is 24.3 Å². The molecule has 0 radical (unpaired) electrons. The third kappa shape index (κ3) is 6.92. The maximum absolute atomic E-state index is 13.7. The fraction of sp³-hybridized carbons (Fsp3) is 0.409. The highest BCUT2D eigenvalue weighted by molar-refractivity contribution is 6.14. The molecule has 310 valence electrons. The summed E-state index contributed by atoms with van der Waals surface area (Å²) in [6, 6.07) is 11.1. The van der Waals surface area contributed by atoms with Gasteiger partial charge in [-0.05, 0) is 88.6 Å². The molecule has 0 bridgehead atoms. The highest BCUT2D eigenvalue weighted by atomic mass is 16.5. The van der Waals surface area contributed by atoms with Crippen molar-refractivity contribution >= 4 is 57.2 Å². The summed E-state index contributed by atoms with van der Waals surface area (Å²) in [5.74, 6) is 1.96. The zero-order valence-corrected chi connectivity index (χ0v) is 34.5. The molecule has 0 spiro atoms. The first-order chi connectivity index (χ1) is 29.0. The van der Waals surface area contributed by atoms with E-state index in [-0.39, 0.29) is 35.9 Å². The Morgan fingerprint density at radius 2 is 1.87 bits per heavy atom. The highest BCUT2D eigenvalue weighted by Crippen LogP contribution is 2.43. The summed E-state index contributed by atoms with van der Waals surface area (Å²) in [5.41, 5.74) is 7.38. The summed E-state index contributed by atoms with van der Waals surface area (Å²) >= 11 is 0. The van der Waals surface area contributed by atoms with Crippen LogP contribution in [0.1, 0.15) is 107 Å². The number of piperidine rings is 1. The number of unbranched alkanes of at least 4 members (excludes halogenated alkanes) is 2. The zero-order chi connectivity index (χ0) is 41.8. The maximum atomic E-state index is 13.7. The summed E-state index contributed by atoms with van der Waals surface area (Å²) in [7, 11) is 3.11. The average Bonchev–Trinajstić information content (AvgIpc) is 3.62. The van der Waals surface area contributed by atoms with Crippen molar-refractivity contribution in [1.82, 2.24) is 45.0 Å². The predicted octanol–water partition coefficient (Wildman–Crippen LogP) is 6.47. The number of amides is 4. The first kappa shape index (κ1) is 38.9. The number of benzene rings is 2. The molecule has 3 aliphatic rings. The molecule has 6 heterocycles. The molecule has 1 saturated carbocycles. The molecule has 2 aliphatic heterocycles. The van der Waals surface area contributed by atoms with E-state index in [0.717, 1.165) is 93.8 Å². The smallest absolute Gasteiger partial charge is 0.289 e. The fourth-order valence-corrected chi connectivity index (χ4v) is 8.72. The molecule has 1 atom stereocenters. The molecule has 2 fully saturated rings. The number of H-pyrrole nitrogens is 1. The Morgan fingerprint density at radius 3 is 2.62 bits per heavy atom. The van der Waals surface area contributed by atoms with E-state index < -0.39 is 6.04 Å². The lowest BCUT2D eigenvalue weighted by atomic mass is 9.98. The van der Waals surface area contributed by atoms with Gasteiger partial charge in [-0.15, -0.1) is 0 Å². The lowest BCUT2D eigenvalue weighted by Crippen LogP contribution is -2.53. The number of aromatic amines is 1. The van der Waals surface area contributed by atoms with Gasteiger partial charge in [0.2, 0.25) is 11.7 Å². The maximum Gasteiger partial charge on any atom is 0.289 e. The molecule has 16 nitrogen and oxygen atoms in total. The number of ether oxygens (including phenoxy) is 1. The number of rotatable bonds is 14. The van der Waals surface area contributed by atoms with Crippen molar-refractivity contribution in [2.45, 2.75) is 97.2 Å². The molecule has 9 rings (SSSR count). The van der Waals surface area contributed by atoms with E-state index in [1.807, 2.05) is 55.8 Å². The normalized spacial score (nSPS) is 16.7. The van der Waals surface area contributed by atoms with Gasteiger partial charge in [0.1, 0.15) is 34.8 Å². The molecular formula is C44H48N10O6. The van der Waals surface area contributed by atoms with Crippen LogP contribution in [0, 0.1) is 13.8 Å². The second-order valence-electron chi connectivity index (χ2n) is 16.0. The lowest BCUT2D eigenvalue weighted by molar-refractivity contribution is -0.150. The molecular weight excluding hydrogens is 765 g/mol. The number of hydrogen-bond acceptors (Lipinski definition) is 11. The number of imide groups is 1. The third-order valence-electron chi connectivity index (χ3n) is 12.1. The number of nitrogens with zero attached hydrogens (tertiary/aromatic N) is 7. The van der Waals surface area contributed by atoms with Crippen molar-refractivity contribution in [3.05, 3.63) is 76.1 Å². The first-order valence-electron chi connectivity index (χ1n) is 20.7. The Morgan fingerprint density at radius 1 is 1.03 bits per heavy atom. The molecule has 4 amide bonds. The van der Waals surface area contributed by atoms with Crippen LogP contribution in [0.25, 0.3) is 33.1 Å². The van der Waals surface area contributed by atoms with Crippen molar-refractivity contribution in [3.63, 3.8) is 0 Å². The van der Waals surface area contributed by atoms with Crippen molar-refractivity contribution in [2.24, 2.45) is 0 Å². The zero-order valence-electron chi connectivity index (χ0n) is 34.5. The largest absolute Gasteiger partial charge is 0.496 e. The number of fused-ring (bicyclic) bond motifs is 4. The van der Waals surface area contributed by atoms with Crippen LogP contribution in [0.15, 0.2) is 40.9 Å². The van der Waals surface area contributed by atoms with Crippen molar-refractivity contribution < 1.29 is 28.4 Å². The van der Waals surface area contributed by atoms with Crippen molar-refractivity contribution in [3.8, 4) is 16.9 Å². The molecule has 3 N–H and O–H groups in total. The Labute approximate surface area is 346 Å². The number of carbonyl (C=O) groups excluding carboxylic acids is 4. The third-order valence-corrected chi connectivity index (χ3v) is 12.1. The van der Waals surface area contributed by atoms with Crippen LogP contribution in [0.4, 0.5) is 11.6 Å². The number of carbonyl (C=O) groups is 4. The van der Waals surface area contributed by atoms with Crippen LogP contribution in [0.3, 0.4) is 0 Å². The van der Waals surface area contributed by atoms with Gasteiger partial charge in [-0.25, -0.2) is 14.6 Å². The average molecular weight is 813 g/mol. The second kappa shape index (κ2) is 15.5. The van der Waals surface area contributed by atoms with E-state index in [1.54, 1.807) is 12.0 Å². The number of anilines is 2. The van der Waals surface area contributed by atoms with Gasteiger partial charge in [0.25, 0.3) is 17.7 Å². The topological polar surface area (TPSA) is 193 Å². The minimum absolute atomic E-state index is 0.0283. The van der Waals surface area contributed by atoms with E-state index in [2.05, 4.69) is 26.8 Å². The van der Waals surface area contributed by atoms with Crippen molar-refractivity contribution in [2.75, 3.05) is 26.0 Å². The molecule has 6 aromatic rings. The van der Waals surface area contributed by atoms with Gasteiger partial charge >= 0.3 is 0 Å². The molecule has 16 heteroatoms. The van der Waals surface area contributed by atoms with Crippen LogP contribution in [0.5, 0.6) is 5.75 Å². The SMILES string of the molecule is CCn1nc(C2CC2)cc1Nc1nc(C(=O)NCCCCCc2cccc3c2CN(C2CCC(=O)N(C)C2=O)C3=O)nc2[nH]c3cc(-c4c(C)noc4C)c(OC)cc3c12. The number of methoxy groups -OCH3 is 1. The summed E-state index contributed by atoms with van der Waals surface area (Å²) < 4.78 is 13.3. The van der Waals surface area contributed by atoms with Crippen LogP contribution >= 0.6 is 0 Å². The predicted molar refractivity (Wildman–Crippen MR) is 223 cm³/mol. The van der Waals surface area contributed by atoms with Crippen LogP contribution in [-0.2, 0) is 29.1 Å². The quantitative estimate of drug-likeness (QED) is 0.0806. The monoisotopic (exact) mass is 812 g/mol. The summed E-state index contributed by atoms with van der Waals surface area (Å²) in [4.78, 5) is 67.8. The number of likely N-dealkylation sites (N-methyl/N-ethyl adjacent to an activating group) is 1. The van der Waals surface area contributed by atoms with Crippen molar-refractivity contribution in [1.29, 1.82) is 0 Å². The molecule has 1 saturated heterocycles. The van der Waals surface area contributed by atoms with Gasteiger partial charge in [0, 0.05) is 67.1 Å². The number of likely N-dealkylation sites (tertiary alicyclic amines) is 1. The molecule has 2 aromatic carbocycles. The molecule has 1 aliphatic carbocycles. The van der Waals surface area contributed by atoms with Gasteiger partial charge < -0.3 is 29.8 Å². The summed E-state index contributed by atoms with van der Waals surface area (Å²) in [6.07, 6.45) is 6.00. The van der Waals surface area contributed by atoms with E-state index in [9.17, 15) is 19.2 Å². The summed E-state index contributed by atoms with van der Waals surface area (Å²) in [5, 5.41) is 17.1. The van der Waals surface area contributed by atoms with E-state index >= 15 is 0 Å². The number of nitrogens with one attached hydrogen (secondary N) is 3. The number of aromatic nitrogens is 6. The fourth-order valence-electron chi connectivity index (χ4n) is 8.72. The van der Waals surface area contributed by atoms with E-state index in [1.165, 1.54) is 7.05 Å². The van der Waals surface area contributed by atoms with Gasteiger partial charge in [0.15, 0.2) is 0 Å². The van der Waals surface area contributed by atoms with Gasteiger partial charge in [0.05, 0.1) is 29.4 Å². The Bertz CT molecular complexity index is 2690. The number of aryl methyl sites for hydroxylation is 4. The van der Waals surface area contributed by atoms with Crippen LogP contribution < -0.4 is 15.4 Å². The van der Waals surface area contributed by atoms with E-state index in [0.29, 0.717) is 65.9 Å². The molecule has 60 heavy (non-hydrogen) atoms. The van der Waals surface area contributed by atoms with Crippen LogP contribution in [0.2, 0.25) is 0 Å². The Hall–Kier alpha value is -6.58. The van der Waals surface area contributed by atoms with Gasteiger partial charge in [-0.2, -0.15) is 5.10 Å². The Kier molecular flexibility index (Phi) is 10.1. The van der Waals surface area contributed by atoms with Gasteiger partial charge in [-0.3, -0.25) is 24.1 Å². The number of hydrogen-bond donors (Lipinski definition) is 3. The van der Waals surface area contributed by atoms with Gasteiger partial charge in [-0.1, -0.05) is 23.7 Å².